The summed E-state index contributed by atoms with van der Waals surface area (Å²) in [5.41, 5.74) is 10.00. The summed E-state index contributed by atoms with van der Waals surface area (Å²) in [6.45, 7) is 0.854. The van der Waals surface area contributed by atoms with Crippen LogP contribution in [0.4, 0.5) is 11.4 Å². The monoisotopic (exact) mass is 347 g/mol. The van der Waals surface area contributed by atoms with Crippen LogP contribution in [-0.4, -0.2) is 11.5 Å². The van der Waals surface area contributed by atoms with Gasteiger partial charge in [-0.15, -0.1) is 0 Å². The first-order valence-electron chi connectivity index (χ1n) is 6.33. The number of rotatable bonds is 4. The fourth-order valence-corrected chi connectivity index (χ4v) is 3.21. The van der Waals surface area contributed by atoms with E-state index in [-0.39, 0.29) is 0 Å². The van der Waals surface area contributed by atoms with Crippen molar-refractivity contribution in [1.29, 1.82) is 0 Å². The summed E-state index contributed by atoms with van der Waals surface area (Å²) in [5.74, 6) is 0. The number of nitrogens with one attached hydrogen (secondary N) is 1. The van der Waals surface area contributed by atoms with Gasteiger partial charge in [0.1, 0.15) is 0 Å². The van der Waals surface area contributed by atoms with Crippen LogP contribution in [0.5, 0.6) is 0 Å². The molecule has 3 N–H and O–H groups in total. The Labute approximate surface area is 130 Å². The molecule has 0 aliphatic carbocycles. The standard InChI is InChI=1S/C15H14BrN3S/c16-11-1-2-14-12(7-11)15(13(17)8-19-14)18-5-3-10-4-6-20-9-10/h1-2,4,6-9H,3,5,17H2,(H,18,19). The zero-order valence-corrected chi connectivity index (χ0v) is 13.2. The van der Waals surface area contributed by atoms with Gasteiger partial charge in [-0.25, -0.2) is 0 Å². The lowest BCUT2D eigenvalue weighted by Gasteiger charge is -2.12. The summed E-state index contributed by atoms with van der Waals surface area (Å²) in [4.78, 5) is 4.36. The molecule has 2 aromatic heterocycles. The van der Waals surface area contributed by atoms with E-state index in [1.165, 1.54) is 5.56 Å². The van der Waals surface area contributed by atoms with Crippen LogP contribution in [0.15, 0.2) is 45.7 Å². The van der Waals surface area contributed by atoms with Gasteiger partial charge in [-0.05, 0) is 47.0 Å². The molecule has 5 heteroatoms. The predicted molar refractivity (Wildman–Crippen MR) is 90.4 cm³/mol. The van der Waals surface area contributed by atoms with Crippen LogP contribution < -0.4 is 11.1 Å². The molecule has 0 aliphatic heterocycles. The number of anilines is 2. The highest BCUT2D eigenvalue weighted by molar-refractivity contribution is 9.10. The molecule has 1 aromatic carbocycles. The van der Waals surface area contributed by atoms with Crippen molar-refractivity contribution >= 4 is 49.5 Å². The average molecular weight is 348 g/mol. The molecule has 0 saturated heterocycles. The molecule has 0 aliphatic rings. The molecular formula is C15H14BrN3S. The van der Waals surface area contributed by atoms with E-state index in [0.29, 0.717) is 5.69 Å². The normalized spacial score (nSPS) is 10.8. The number of aromatic nitrogens is 1. The summed E-state index contributed by atoms with van der Waals surface area (Å²) < 4.78 is 1.03. The van der Waals surface area contributed by atoms with Crippen LogP contribution in [0.2, 0.25) is 0 Å². The van der Waals surface area contributed by atoms with Gasteiger partial charge in [-0.2, -0.15) is 11.3 Å². The van der Waals surface area contributed by atoms with Gasteiger partial charge < -0.3 is 11.1 Å². The first kappa shape index (κ1) is 13.4. The number of hydrogen-bond acceptors (Lipinski definition) is 4. The lowest BCUT2D eigenvalue weighted by Crippen LogP contribution is -2.07. The third kappa shape index (κ3) is 2.78. The van der Waals surface area contributed by atoms with E-state index < -0.39 is 0 Å². The van der Waals surface area contributed by atoms with Gasteiger partial charge in [0, 0.05) is 16.4 Å². The molecule has 0 unspecified atom stereocenters. The Morgan fingerprint density at radius 2 is 2.20 bits per heavy atom. The van der Waals surface area contributed by atoms with Gasteiger partial charge in [-0.3, -0.25) is 4.98 Å². The third-order valence-corrected chi connectivity index (χ3v) is 4.38. The van der Waals surface area contributed by atoms with Gasteiger partial charge >= 0.3 is 0 Å². The third-order valence-electron chi connectivity index (χ3n) is 3.15. The van der Waals surface area contributed by atoms with E-state index in [2.05, 4.69) is 43.1 Å². The van der Waals surface area contributed by atoms with Crippen molar-refractivity contribution in [3.05, 3.63) is 51.3 Å². The zero-order chi connectivity index (χ0) is 13.9. The Bertz CT molecular complexity index is 720. The fourth-order valence-electron chi connectivity index (χ4n) is 2.14. The molecule has 2 heterocycles. The van der Waals surface area contributed by atoms with Gasteiger partial charge in [0.25, 0.3) is 0 Å². The largest absolute Gasteiger partial charge is 0.396 e. The van der Waals surface area contributed by atoms with Gasteiger partial charge in [0.05, 0.1) is 23.1 Å². The van der Waals surface area contributed by atoms with Crippen molar-refractivity contribution in [2.45, 2.75) is 6.42 Å². The van der Waals surface area contributed by atoms with Crippen molar-refractivity contribution in [2.75, 3.05) is 17.6 Å². The number of halogens is 1. The molecule has 3 rings (SSSR count). The molecule has 0 atom stereocenters. The zero-order valence-electron chi connectivity index (χ0n) is 10.8. The van der Waals surface area contributed by atoms with Crippen LogP contribution in [0.1, 0.15) is 5.56 Å². The molecule has 0 spiro atoms. The number of nitrogen functional groups attached to an aromatic ring is 1. The number of pyridine rings is 1. The Kier molecular flexibility index (Phi) is 3.89. The Balaban J connectivity index is 1.86. The summed E-state index contributed by atoms with van der Waals surface area (Å²) in [6, 6.07) is 8.17. The molecule has 3 nitrogen and oxygen atoms in total. The number of benzene rings is 1. The predicted octanol–water partition coefficient (Wildman–Crippen LogP) is 4.30. The van der Waals surface area contributed by atoms with Crippen molar-refractivity contribution in [1.82, 2.24) is 4.98 Å². The van der Waals surface area contributed by atoms with Crippen LogP contribution in [0.3, 0.4) is 0 Å². The first-order chi connectivity index (χ1) is 9.74. The molecule has 0 bridgehead atoms. The number of thiophene rings is 1. The van der Waals surface area contributed by atoms with E-state index in [1.54, 1.807) is 17.5 Å². The number of nitrogens with zero attached hydrogens (tertiary/aromatic N) is 1. The van der Waals surface area contributed by atoms with Gasteiger partial charge in [0.15, 0.2) is 0 Å². The molecule has 0 radical (unpaired) electrons. The SMILES string of the molecule is Nc1cnc2ccc(Br)cc2c1NCCc1ccsc1. The maximum atomic E-state index is 6.06. The maximum absolute atomic E-state index is 6.06. The average Bonchev–Trinajstić information content (AvgIpc) is 2.94. The van der Waals surface area contributed by atoms with Crippen LogP contribution >= 0.6 is 27.3 Å². The Morgan fingerprint density at radius 1 is 1.30 bits per heavy atom. The molecule has 0 saturated carbocycles. The summed E-state index contributed by atoms with van der Waals surface area (Å²) in [6.07, 6.45) is 2.70. The highest BCUT2D eigenvalue weighted by atomic mass is 79.9. The van der Waals surface area contributed by atoms with Gasteiger partial charge in [-0.1, -0.05) is 15.9 Å². The minimum absolute atomic E-state index is 0.681. The number of hydrogen-bond donors (Lipinski definition) is 2. The van der Waals surface area contributed by atoms with E-state index in [9.17, 15) is 0 Å². The van der Waals surface area contributed by atoms with E-state index in [0.717, 1.165) is 34.0 Å². The maximum Gasteiger partial charge on any atom is 0.0743 e. The van der Waals surface area contributed by atoms with E-state index in [1.807, 2.05) is 18.2 Å². The molecule has 102 valence electrons. The van der Waals surface area contributed by atoms with Crippen LogP contribution in [0, 0.1) is 0 Å². The van der Waals surface area contributed by atoms with E-state index in [4.69, 9.17) is 5.73 Å². The van der Waals surface area contributed by atoms with Crippen LogP contribution in [-0.2, 0) is 6.42 Å². The van der Waals surface area contributed by atoms with Crippen molar-refractivity contribution in [3.63, 3.8) is 0 Å². The lowest BCUT2D eigenvalue weighted by atomic mass is 10.1. The molecule has 3 aromatic rings. The smallest absolute Gasteiger partial charge is 0.0743 e. The second kappa shape index (κ2) is 5.81. The summed E-state index contributed by atoms with van der Waals surface area (Å²) in [5, 5.41) is 8.76. The van der Waals surface area contributed by atoms with Crippen LogP contribution in [0.25, 0.3) is 10.9 Å². The Morgan fingerprint density at radius 3 is 3.00 bits per heavy atom. The highest BCUT2D eigenvalue weighted by Crippen LogP contribution is 2.30. The Hall–Kier alpha value is -1.59. The summed E-state index contributed by atoms with van der Waals surface area (Å²) in [7, 11) is 0. The van der Waals surface area contributed by atoms with E-state index >= 15 is 0 Å². The van der Waals surface area contributed by atoms with Crippen molar-refractivity contribution in [3.8, 4) is 0 Å². The quantitative estimate of drug-likeness (QED) is 0.739. The first-order valence-corrected chi connectivity index (χ1v) is 8.06. The topological polar surface area (TPSA) is 50.9 Å². The fraction of sp³-hybridized carbons (Fsp3) is 0.133. The van der Waals surface area contributed by atoms with Crippen molar-refractivity contribution < 1.29 is 0 Å². The minimum atomic E-state index is 0.681. The van der Waals surface area contributed by atoms with Crippen molar-refractivity contribution in [2.24, 2.45) is 0 Å². The second-order valence-electron chi connectivity index (χ2n) is 4.56. The second-order valence-corrected chi connectivity index (χ2v) is 6.25. The molecular weight excluding hydrogens is 334 g/mol. The van der Waals surface area contributed by atoms with Gasteiger partial charge in [0.2, 0.25) is 0 Å². The molecule has 20 heavy (non-hydrogen) atoms. The molecule has 0 fully saturated rings. The number of nitrogens with two attached hydrogens (primary N) is 1. The number of fused-ring (bicyclic) bond motifs is 1. The molecule has 0 amide bonds. The highest BCUT2D eigenvalue weighted by Gasteiger charge is 2.07. The lowest BCUT2D eigenvalue weighted by molar-refractivity contribution is 1.03. The summed E-state index contributed by atoms with van der Waals surface area (Å²) >= 11 is 5.22. The minimum Gasteiger partial charge on any atom is -0.396 e.